The van der Waals surface area contributed by atoms with Crippen molar-refractivity contribution in [1.29, 1.82) is 0 Å². The van der Waals surface area contributed by atoms with Gasteiger partial charge in [0.2, 0.25) is 0 Å². The monoisotopic (exact) mass is 477 g/mol. The van der Waals surface area contributed by atoms with E-state index in [0.717, 1.165) is 16.3 Å². The van der Waals surface area contributed by atoms with E-state index < -0.39 is 18.0 Å². The maximum atomic E-state index is 13.2. The quantitative estimate of drug-likeness (QED) is 0.356. The number of amides is 1. The van der Waals surface area contributed by atoms with Gasteiger partial charge in [0.25, 0.3) is 11.5 Å². The number of ether oxygens (including phenoxy) is 1. The Labute approximate surface area is 206 Å². The summed E-state index contributed by atoms with van der Waals surface area (Å²) in [7, 11) is 0. The van der Waals surface area contributed by atoms with E-state index in [1.54, 1.807) is 30.3 Å². The first-order valence-electron chi connectivity index (χ1n) is 11.5. The Morgan fingerprint density at radius 1 is 0.833 bits per heavy atom. The number of fused-ring (bicyclic) bond motifs is 2. The molecule has 1 heterocycles. The third kappa shape index (κ3) is 4.59. The second-order valence-electron chi connectivity index (χ2n) is 8.41. The Bertz CT molecular complexity index is 1640. The van der Waals surface area contributed by atoms with Gasteiger partial charge in [-0.15, -0.1) is 0 Å². The second-order valence-corrected chi connectivity index (χ2v) is 8.41. The van der Waals surface area contributed by atoms with Gasteiger partial charge in [0.05, 0.1) is 11.9 Å². The second kappa shape index (κ2) is 9.84. The Hall–Kier alpha value is -4.78. The zero-order valence-corrected chi connectivity index (χ0v) is 19.5. The standard InChI is InChI=1S/C29H23N3O4/c1-19(27(33)30-25-17-9-13-21-12-5-6-14-22(21)25)36-29(35)26-23-15-7-8-16-24(23)28(34)32(31-26)18-20-10-3-2-4-11-20/h2-17,19H,18H2,1H3,(H,30,33). The number of benzene rings is 4. The summed E-state index contributed by atoms with van der Waals surface area (Å²) in [5, 5.41) is 9.76. The van der Waals surface area contributed by atoms with Gasteiger partial charge in [-0.05, 0) is 30.0 Å². The molecular weight excluding hydrogens is 454 g/mol. The molecule has 1 unspecified atom stereocenters. The first-order valence-corrected chi connectivity index (χ1v) is 11.5. The summed E-state index contributed by atoms with van der Waals surface area (Å²) in [6.07, 6.45) is -1.09. The number of carbonyl (C=O) groups excluding carboxylic acids is 2. The van der Waals surface area contributed by atoms with Crippen molar-refractivity contribution in [2.24, 2.45) is 0 Å². The molecule has 0 bridgehead atoms. The number of carbonyl (C=O) groups is 2. The minimum Gasteiger partial charge on any atom is -0.448 e. The van der Waals surface area contributed by atoms with E-state index in [-0.39, 0.29) is 17.8 Å². The van der Waals surface area contributed by atoms with Crippen molar-refractivity contribution in [3.63, 3.8) is 0 Å². The molecule has 7 heteroatoms. The first kappa shape index (κ1) is 23.0. The summed E-state index contributed by atoms with van der Waals surface area (Å²) in [6, 6.07) is 29.4. The summed E-state index contributed by atoms with van der Waals surface area (Å²) in [5.74, 6) is -1.25. The van der Waals surface area contributed by atoms with Crippen molar-refractivity contribution in [1.82, 2.24) is 9.78 Å². The molecule has 1 amide bonds. The third-order valence-electron chi connectivity index (χ3n) is 5.94. The van der Waals surface area contributed by atoms with Crippen molar-refractivity contribution in [3.05, 3.63) is 119 Å². The van der Waals surface area contributed by atoms with E-state index in [2.05, 4.69) is 10.4 Å². The van der Waals surface area contributed by atoms with Crippen molar-refractivity contribution >= 4 is 39.1 Å². The highest BCUT2D eigenvalue weighted by molar-refractivity contribution is 6.06. The zero-order valence-electron chi connectivity index (χ0n) is 19.5. The van der Waals surface area contributed by atoms with Crippen LogP contribution >= 0.6 is 0 Å². The highest BCUT2D eigenvalue weighted by Gasteiger charge is 2.24. The predicted octanol–water partition coefficient (Wildman–Crippen LogP) is 4.78. The lowest BCUT2D eigenvalue weighted by molar-refractivity contribution is -0.123. The molecule has 0 spiro atoms. The molecule has 0 fully saturated rings. The summed E-state index contributed by atoms with van der Waals surface area (Å²) < 4.78 is 6.75. The number of anilines is 1. The number of aromatic nitrogens is 2. The van der Waals surface area contributed by atoms with Crippen LogP contribution < -0.4 is 10.9 Å². The van der Waals surface area contributed by atoms with Crippen molar-refractivity contribution in [3.8, 4) is 0 Å². The van der Waals surface area contributed by atoms with Gasteiger partial charge in [-0.1, -0.05) is 84.9 Å². The highest BCUT2D eigenvalue weighted by atomic mass is 16.5. The number of hydrogen-bond donors (Lipinski definition) is 1. The van der Waals surface area contributed by atoms with Crippen LogP contribution in [0.3, 0.4) is 0 Å². The fourth-order valence-corrected chi connectivity index (χ4v) is 4.09. The molecule has 5 aromatic rings. The van der Waals surface area contributed by atoms with Crippen LogP contribution in [-0.2, 0) is 16.1 Å². The van der Waals surface area contributed by atoms with E-state index in [1.807, 2.05) is 66.7 Å². The van der Waals surface area contributed by atoms with Crippen LogP contribution in [-0.4, -0.2) is 27.8 Å². The fraction of sp³-hybridized carbons (Fsp3) is 0.103. The average Bonchev–Trinajstić information content (AvgIpc) is 2.91. The Kier molecular flexibility index (Phi) is 6.28. The largest absolute Gasteiger partial charge is 0.448 e. The van der Waals surface area contributed by atoms with E-state index in [0.29, 0.717) is 16.5 Å². The molecule has 0 radical (unpaired) electrons. The lowest BCUT2D eigenvalue weighted by Gasteiger charge is -2.16. The fourth-order valence-electron chi connectivity index (χ4n) is 4.09. The number of esters is 1. The molecule has 7 nitrogen and oxygen atoms in total. The number of rotatable bonds is 6. The van der Waals surface area contributed by atoms with Gasteiger partial charge < -0.3 is 10.1 Å². The molecule has 178 valence electrons. The normalized spacial score (nSPS) is 11.8. The van der Waals surface area contributed by atoms with Crippen LogP contribution in [0.25, 0.3) is 21.5 Å². The van der Waals surface area contributed by atoms with Gasteiger partial charge in [-0.2, -0.15) is 5.10 Å². The van der Waals surface area contributed by atoms with Crippen LogP contribution in [0, 0.1) is 0 Å². The van der Waals surface area contributed by atoms with Crippen LogP contribution in [0.1, 0.15) is 23.0 Å². The summed E-state index contributed by atoms with van der Waals surface area (Å²) in [6.45, 7) is 1.70. The van der Waals surface area contributed by atoms with E-state index >= 15 is 0 Å². The molecule has 1 N–H and O–H groups in total. The lowest BCUT2D eigenvalue weighted by atomic mass is 10.1. The van der Waals surface area contributed by atoms with Crippen LogP contribution in [0.4, 0.5) is 5.69 Å². The minimum atomic E-state index is -1.09. The lowest BCUT2D eigenvalue weighted by Crippen LogP contribution is -2.32. The smallest absolute Gasteiger partial charge is 0.360 e. The molecule has 0 aliphatic carbocycles. The molecule has 5 rings (SSSR count). The van der Waals surface area contributed by atoms with Gasteiger partial charge in [-0.3, -0.25) is 9.59 Å². The number of nitrogens with one attached hydrogen (secondary N) is 1. The number of nitrogens with zero attached hydrogens (tertiary/aromatic N) is 2. The first-order chi connectivity index (χ1) is 17.5. The van der Waals surface area contributed by atoms with Crippen LogP contribution in [0.2, 0.25) is 0 Å². The van der Waals surface area contributed by atoms with Gasteiger partial charge in [0, 0.05) is 16.5 Å². The maximum Gasteiger partial charge on any atom is 0.360 e. The van der Waals surface area contributed by atoms with Gasteiger partial charge in [-0.25, -0.2) is 9.48 Å². The van der Waals surface area contributed by atoms with Crippen LogP contribution in [0.15, 0.2) is 102 Å². The average molecular weight is 478 g/mol. The third-order valence-corrected chi connectivity index (χ3v) is 5.94. The molecule has 36 heavy (non-hydrogen) atoms. The molecule has 0 saturated carbocycles. The molecule has 0 aliphatic heterocycles. The Morgan fingerprint density at radius 2 is 1.47 bits per heavy atom. The molecule has 1 aromatic heterocycles. The SMILES string of the molecule is CC(OC(=O)c1nn(Cc2ccccc2)c(=O)c2ccccc12)C(=O)Nc1cccc2ccccc12. The van der Waals surface area contributed by atoms with Gasteiger partial charge in [0.15, 0.2) is 11.8 Å². The van der Waals surface area contributed by atoms with E-state index in [9.17, 15) is 14.4 Å². The molecule has 1 atom stereocenters. The molecular formula is C29H23N3O4. The van der Waals surface area contributed by atoms with Crippen molar-refractivity contribution < 1.29 is 14.3 Å². The minimum absolute atomic E-state index is 0.0223. The van der Waals surface area contributed by atoms with E-state index in [4.69, 9.17) is 4.74 Å². The summed E-state index contributed by atoms with van der Waals surface area (Å²) in [5.41, 5.74) is 1.16. The number of hydrogen-bond acceptors (Lipinski definition) is 5. The van der Waals surface area contributed by atoms with Gasteiger partial charge in [0.1, 0.15) is 0 Å². The maximum absolute atomic E-state index is 13.2. The summed E-state index contributed by atoms with van der Waals surface area (Å²) in [4.78, 5) is 39.1. The van der Waals surface area contributed by atoms with E-state index in [1.165, 1.54) is 11.6 Å². The van der Waals surface area contributed by atoms with Gasteiger partial charge >= 0.3 is 5.97 Å². The molecule has 0 aliphatic rings. The topological polar surface area (TPSA) is 90.3 Å². The summed E-state index contributed by atoms with van der Waals surface area (Å²) >= 11 is 0. The van der Waals surface area contributed by atoms with Crippen molar-refractivity contribution in [2.45, 2.75) is 19.6 Å². The Morgan fingerprint density at radius 3 is 2.25 bits per heavy atom. The predicted molar refractivity (Wildman–Crippen MR) is 139 cm³/mol. The molecule has 0 saturated heterocycles. The van der Waals surface area contributed by atoms with Crippen molar-refractivity contribution in [2.75, 3.05) is 5.32 Å². The molecule has 4 aromatic carbocycles. The van der Waals surface area contributed by atoms with Crippen LogP contribution in [0.5, 0.6) is 0 Å². The Balaban J connectivity index is 1.41. The highest BCUT2D eigenvalue weighted by Crippen LogP contribution is 2.23. The zero-order chi connectivity index (χ0) is 25.1.